The number of carbonyl (C=O) groups excluding carboxylic acids is 1. The predicted molar refractivity (Wildman–Crippen MR) is 269 cm³/mol. The molecule has 3 unspecified atom stereocenters. The topological polar surface area (TPSA) is 405 Å². The molecule has 0 bridgehead atoms. The van der Waals surface area contributed by atoms with E-state index in [9.17, 15) is 57.3 Å². The molecule has 3 aromatic rings. The van der Waals surface area contributed by atoms with E-state index in [0.717, 1.165) is 61.6 Å². The van der Waals surface area contributed by atoms with E-state index in [1.807, 2.05) is 63.3 Å². The number of ether oxygens (including phenoxy) is 1. The quantitative estimate of drug-likeness (QED) is 0.00603. The van der Waals surface area contributed by atoms with E-state index in [4.69, 9.17) is 25.0 Å². The van der Waals surface area contributed by atoms with Gasteiger partial charge in [-0.1, -0.05) is 32.1 Å². The number of fused-ring (bicyclic) bond motifs is 2. The summed E-state index contributed by atoms with van der Waals surface area (Å²) in [5.74, 6) is 4.74. The summed E-state index contributed by atoms with van der Waals surface area (Å²) >= 11 is 0.979. The Hall–Kier alpha value is -1.03. The van der Waals surface area contributed by atoms with Crippen molar-refractivity contribution in [1.82, 2.24) is 14.9 Å². The average Bonchev–Trinajstić information content (AvgIpc) is 3.85. The predicted octanol–water partition coefficient (Wildman–Crippen LogP) is -8.29. The van der Waals surface area contributed by atoms with Gasteiger partial charge in [-0.15, -0.1) is 9.32 Å². The first-order valence-electron chi connectivity index (χ1n) is 22.9. The van der Waals surface area contributed by atoms with Crippen molar-refractivity contribution in [3.63, 3.8) is 0 Å². The maximum absolute atomic E-state index is 12.9. The van der Waals surface area contributed by atoms with Crippen LogP contribution in [0.3, 0.4) is 0 Å². The van der Waals surface area contributed by atoms with Crippen LogP contribution in [0.5, 0.6) is 0 Å². The average molecular weight is 1220 g/mol. The summed E-state index contributed by atoms with van der Waals surface area (Å²) in [4.78, 5) is 120. The number of nitrogens with one attached hydrogen (secondary N) is 2. The third-order valence-corrected chi connectivity index (χ3v) is 17.7. The van der Waals surface area contributed by atoms with E-state index < -0.39 is 81.7 Å². The number of likely N-dealkylation sites (N-methyl/N-ethyl adjacent to an activating group) is 1. The Morgan fingerprint density at radius 1 is 0.962 bits per heavy atom. The molecule has 410 valence electrons. The van der Waals surface area contributed by atoms with E-state index in [1.54, 1.807) is 12.1 Å². The van der Waals surface area contributed by atoms with Gasteiger partial charge >= 0.3 is 111 Å². The van der Waals surface area contributed by atoms with Crippen molar-refractivity contribution in [2.75, 3.05) is 24.6 Å². The third kappa shape index (κ3) is 18.5. The molecule has 1 aromatic heterocycles. The molecule has 2 aromatic carbocycles. The van der Waals surface area contributed by atoms with Crippen molar-refractivity contribution < 1.29 is 173 Å². The van der Waals surface area contributed by atoms with Gasteiger partial charge in [-0.25, -0.2) is 23.2 Å². The van der Waals surface area contributed by atoms with Crippen molar-refractivity contribution in [1.29, 1.82) is 0 Å². The molecule has 1 amide bonds. The number of primary sulfonamides is 1. The first-order valence-corrected chi connectivity index (χ1v) is 29.7. The number of nitrogens with two attached hydrogens (primary N) is 2. The van der Waals surface area contributed by atoms with Gasteiger partial charge in [0.2, 0.25) is 21.6 Å². The van der Waals surface area contributed by atoms with E-state index in [-0.39, 0.29) is 118 Å². The van der Waals surface area contributed by atoms with Crippen molar-refractivity contribution >= 4 is 75.6 Å². The van der Waals surface area contributed by atoms with Crippen LogP contribution in [0.15, 0.2) is 104 Å². The fraction of sp³-hybridized carbons (Fsp3) is 0.409. The van der Waals surface area contributed by atoms with Crippen LogP contribution in [0.2, 0.25) is 0 Å². The molecule has 4 heterocycles. The summed E-state index contributed by atoms with van der Waals surface area (Å²) in [6.07, 6.45) is 11.0. The maximum Gasteiger partial charge on any atom is 1.00 e. The Labute approximate surface area is 522 Å². The number of amides is 1. The normalized spacial score (nSPS) is 20.8. The summed E-state index contributed by atoms with van der Waals surface area (Å²) in [6, 6.07) is 10.9. The standard InChI is InChI=1S/C44H58N7O19P3S2.3Na/c1-6-49-33-19-17-30(75(46,63)64)24-32(33)44(4,5)37(49)13-9-7-10-14-38-43(2,3)31-23-29(74-68-67-45)16-18-34(31)50(38)22-12-8-11-15-39(53)47-21-20-28-26-51(42(55)48-41(28)54)40-25-35(52)36(66-40)27-65-72(59,60)70-73(61,62)69-71(56,57)58;;;/h7,9-10,13-14,16-21,23-24,26,35-36,40,52H,6,8,11-12,15,22,25,27,45H2,1-5H3,(H7-,46,47,48,53,54,55,56,57,58,59,60,61,62,63,64);;;/q;3*+1/b21-20+;;;/t35?,36-,40-;;;/m1.../s1. The van der Waals surface area contributed by atoms with Gasteiger partial charge in [-0.3, -0.25) is 19.1 Å². The number of allylic oxidation sites excluding steroid dienone is 6. The third-order valence-electron chi connectivity index (χ3n) is 12.4. The Bertz CT molecular complexity index is 3010. The number of aromatic amines is 1. The number of hydrogen-bond donors (Lipinski definition) is 8. The minimum Gasteiger partial charge on any atom is -0.631 e. The van der Waals surface area contributed by atoms with Gasteiger partial charge in [-0.2, -0.15) is 24.8 Å². The number of nitrogens with zero attached hydrogens (tertiary/aromatic N) is 3. The number of aliphatic hydroxyl groups is 1. The monoisotopic (exact) mass is 1210 g/mol. The van der Waals surface area contributed by atoms with Crippen LogP contribution in [0.4, 0.5) is 11.4 Å². The molecule has 3 aliphatic heterocycles. The zero-order valence-corrected chi connectivity index (χ0v) is 54.4. The smallest absolute Gasteiger partial charge is 0.631 e. The number of phosphoric acid groups is 3. The molecule has 1 saturated heterocycles. The number of H-pyrrole nitrogens is 1. The van der Waals surface area contributed by atoms with Crippen molar-refractivity contribution in [2.24, 2.45) is 11.0 Å². The van der Waals surface area contributed by atoms with E-state index in [1.165, 1.54) is 18.3 Å². The second-order valence-electron chi connectivity index (χ2n) is 18.2. The molecule has 78 heavy (non-hydrogen) atoms. The fourth-order valence-electron chi connectivity index (χ4n) is 8.90. The number of phosphoric ester groups is 1. The molecule has 6 rings (SSSR count). The summed E-state index contributed by atoms with van der Waals surface area (Å²) in [5.41, 5.74) is 2.99. The number of aliphatic hydroxyl groups excluding tert-OH is 1. The number of hydrogen-bond acceptors (Lipinski definition) is 22. The second kappa shape index (κ2) is 29.7. The number of aromatic nitrogens is 2. The molecule has 0 aliphatic carbocycles. The molecule has 1 fully saturated rings. The van der Waals surface area contributed by atoms with Crippen LogP contribution in [0.1, 0.15) is 89.6 Å². The molecular formula is C44H58N7Na3O19P3S2+3. The zero-order valence-electron chi connectivity index (χ0n) is 44.0. The molecule has 0 radical (unpaired) electrons. The SMILES string of the molecule is CCN1\C(=C/C=C/C=C/C2=[N+](CCCCCC(=O)N/C=C/c3cn([C@H]4CC(O)[C@@H](CO[P+]([O-])(O)O[P+]([O-])(O)O[P+]([O-])([O-])O)O4)c(=O)[nH]c3=O)c3ccc(SOON)cc3C2(C)C)C(C)(C)c2cc(S(N)(=O)=O)ccc21.[Na+].[Na+].[Na+]. The Kier molecular flexibility index (Phi) is 27.1. The van der Waals surface area contributed by atoms with Gasteiger partial charge in [0.05, 0.1) is 34.0 Å². The van der Waals surface area contributed by atoms with Crippen molar-refractivity contribution in [3.05, 3.63) is 122 Å². The summed E-state index contributed by atoms with van der Waals surface area (Å²) in [6.45, 7) is 10.6. The van der Waals surface area contributed by atoms with Crippen LogP contribution in [0, 0.1) is 0 Å². The second-order valence-corrected chi connectivity index (χ2v) is 24.9. The number of rotatable bonds is 24. The molecule has 0 spiro atoms. The van der Waals surface area contributed by atoms with Crippen LogP contribution in [-0.4, -0.2) is 85.9 Å². The van der Waals surface area contributed by atoms with E-state index in [0.29, 0.717) is 32.4 Å². The van der Waals surface area contributed by atoms with Crippen LogP contribution < -0.4 is 141 Å². The minimum absolute atomic E-state index is 0. The summed E-state index contributed by atoms with van der Waals surface area (Å²) < 4.78 is 49.6. The Morgan fingerprint density at radius 2 is 1.67 bits per heavy atom. The molecule has 0 saturated carbocycles. The van der Waals surface area contributed by atoms with E-state index >= 15 is 0 Å². The van der Waals surface area contributed by atoms with Crippen LogP contribution >= 0.6 is 36.6 Å². The molecule has 5 atom stereocenters. The number of unbranched alkanes of at least 4 members (excludes halogenated alkanes) is 2. The zero-order chi connectivity index (χ0) is 55.3. The van der Waals surface area contributed by atoms with Crippen molar-refractivity contribution in [2.45, 2.75) is 106 Å². The van der Waals surface area contributed by atoms with Crippen molar-refractivity contribution in [3.8, 4) is 0 Å². The number of sulfonamides is 1. The Balaban J connectivity index is 0.00000533. The molecule has 34 heteroatoms. The molecule has 3 aliphatic rings. The summed E-state index contributed by atoms with van der Waals surface area (Å²) in [5, 5.41) is 18.5. The van der Waals surface area contributed by atoms with Gasteiger partial charge in [0.1, 0.15) is 25.5 Å². The molecule has 26 nitrogen and oxygen atoms in total. The summed E-state index contributed by atoms with van der Waals surface area (Å²) in [7, 11) is -21.2. The van der Waals surface area contributed by atoms with Gasteiger partial charge in [-0.05, 0) is 86.0 Å². The largest absolute Gasteiger partial charge is 1.00 e. The number of carbonyl (C=O) groups is 1. The molecular weight excluding hydrogens is 1160 g/mol. The molecule has 10 N–H and O–H groups in total. The van der Waals surface area contributed by atoms with Gasteiger partial charge in [0.15, 0.2) is 5.71 Å². The van der Waals surface area contributed by atoms with Crippen LogP contribution in [-0.2, 0) is 52.9 Å². The number of anilines is 1. The minimum atomic E-state index is -5.88. The van der Waals surface area contributed by atoms with E-state index in [2.05, 4.69) is 57.8 Å². The van der Waals surface area contributed by atoms with Gasteiger partial charge in [0, 0.05) is 81.9 Å². The van der Waals surface area contributed by atoms with Gasteiger partial charge < -0.3 is 39.6 Å². The maximum atomic E-state index is 12.9. The van der Waals surface area contributed by atoms with Crippen LogP contribution in [0.25, 0.3) is 6.08 Å². The first kappa shape index (κ1) is 71.2. The first-order chi connectivity index (χ1) is 35.0. The fourth-order valence-corrected chi connectivity index (χ4v) is 12.8. The van der Waals surface area contributed by atoms with Gasteiger partial charge in [0.25, 0.3) is 13.7 Å². The number of benzene rings is 2. The Morgan fingerprint density at radius 3 is 2.32 bits per heavy atom.